The molecule has 3 rings (SSSR count). The summed E-state index contributed by atoms with van der Waals surface area (Å²) < 4.78 is 0. The second-order valence-corrected chi connectivity index (χ2v) is 5.45. The molecule has 112 valence electrons. The monoisotopic (exact) mass is 340 g/mol. The highest BCUT2D eigenvalue weighted by molar-refractivity contribution is 6.33. The molecule has 3 aromatic rings. The van der Waals surface area contributed by atoms with E-state index in [1.165, 1.54) is 6.20 Å². The molecule has 1 N–H and O–H groups in total. The lowest BCUT2D eigenvalue weighted by atomic mass is 10.0. The summed E-state index contributed by atoms with van der Waals surface area (Å²) in [5.74, 6) is -0.325. The molecule has 0 saturated heterocycles. The van der Waals surface area contributed by atoms with Crippen LogP contribution in [0.2, 0.25) is 10.2 Å². The van der Waals surface area contributed by atoms with Crippen molar-refractivity contribution in [3.63, 3.8) is 0 Å². The molecular formula is C18H10Cl2N2O. The number of benzene rings is 1. The predicted molar refractivity (Wildman–Crippen MR) is 91.8 cm³/mol. The van der Waals surface area contributed by atoms with Crippen molar-refractivity contribution < 1.29 is 4.79 Å². The molecule has 0 unspecified atom stereocenters. The minimum absolute atomic E-state index is 0.161. The summed E-state index contributed by atoms with van der Waals surface area (Å²) >= 11 is 11.8. The predicted octanol–water partition coefficient (Wildman–Crippen LogP) is 4.91. The van der Waals surface area contributed by atoms with Gasteiger partial charge in [-0.15, -0.1) is 0 Å². The summed E-state index contributed by atoms with van der Waals surface area (Å²) in [5.41, 5.74) is 2.55. The maximum atomic E-state index is 12.4. The number of hydrogen-bond donors (Lipinski definition) is 1. The van der Waals surface area contributed by atoms with Gasteiger partial charge in [0.25, 0.3) is 5.91 Å². The number of nitrogens with one attached hydrogen (secondary N) is 1. The van der Waals surface area contributed by atoms with E-state index in [2.05, 4.69) is 22.4 Å². The van der Waals surface area contributed by atoms with Crippen LogP contribution >= 0.6 is 23.2 Å². The van der Waals surface area contributed by atoms with Gasteiger partial charge in [0.05, 0.1) is 10.6 Å². The van der Waals surface area contributed by atoms with Crippen molar-refractivity contribution in [3.05, 3.63) is 82.6 Å². The van der Waals surface area contributed by atoms with Crippen molar-refractivity contribution >= 4 is 34.8 Å². The average Bonchev–Trinajstić information content (AvgIpc) is 2.56. The van der Waals surface area contributed by atoms with Crippen LogP contribution in [-0.2, 0) is 0 Å². The van der Waals surface area contributed by atoms with Crippen molar-refractivity contribution in [1.29, 1.82) is 0 Å². The first-order valence-corrected chi connectivity index (χ1v) is 7.51. The molecule has 3 nitrogen and oxygen atoms in total. The molecule has 1 aromatic heterocycles. The van der Waals surface area contributed by atoms with Crippen molar-refractivity contribution in [1.82, 2.24) is 4.98 Å². The quantitative estimate of drug-likeness (QED) is 0.688. The van der Waals surface area contributed by atoms with Gasteiger partial charge in [-0.25, -0.2) is 4.98 Å². The van der Waals surface area contributed by atoms with Crippen molar-refractivity contribution in [2.45, 2.75) is 0 Å². The van der Waals surface area contributed by atoms with E-state index in [1.54, 1.807) is 24.3 Å². The van der Waals surface area contributed by atoms with Gasteiger partial charge in [0.2, 0.25) is 0 Å². The molecular weight excluding hydrogens is 331 g/mol. The van der Waals surface area contributed by atoms with Crippen LogP contribution in [0.1, 0.15) is 10.4 Å². The Balaban J connectivity index is 1.94. The van der Waals surface area contributed by atoms with Crippen LogP contribution in [-0.4, -0.2) is 10.9 Å². The lowest BCUT2D eigenvalue weighted by Gasteiger charge is -2.10. The first-order chi connectivity index (χ1) is 11.1. The van der Waals surface area contributed by atoms with Crippen LogP contribution in [0.4, 0.5) is 5.69 Å². The first kappa shape index (κ1) is 15.4. The molecule has 0 fully saturated rings. The molecule has 0 bridgehead atoms. The zero-order valence-electron chi connectivity index (χ0n) is 11.8. The summed E-state index contributed by atoms with van der Waals surface area (Å²) in [5, 5.41) is 3.50. The van der Waals surface area contributed by atoms with Crippen molar-refractivity contribution in [2.24, 2.45) is 0 Å². The molecule has 1 amide bonds. The van der Waals surface area contributed by atoms with E-state index < -0.39 is 0 Å². The van der Waals surface area contributed by atoms with Crippen LogP contribution < -0.4 is 5.32 Å². The molecule has 0 aliphatic heterocycles. The van der Waals surface area contributed by atoms with Crippen molar-refractivity contribution in [2.75, 3.05) is 5.32 Å². The fourth-order valence-electron chi connectivity index (χ4n) is 2.10. The van der Waals surface area contributed by atoms with Crippen LogP contribution in [0, 0.1) is 12.1 Å². The Morgan fingerprint density at radius 3 is 2.57 bits per heavy atom. The second-order valence-electron chi connectivity index (χ2n) is 4.69. The Morgan fingerprint density at radius 2 is 1.83 bits per heavy atom. The van der Waals surface area contributed by atoms with E-state index in [9.17, 15) is 4.79 Å². The second kappa shape index (κ2) is 6.70. The minimum Gasteiger partial charge on any atom is -0.321 e. The third kappa shape index (κ3) is 3.45. The molecule has 2 aromatic carbocycles. The standard InChI is InChI=1S/C18H10Cl2N2O/c19-13-9-7-12(8-10-13)14-4-1-2-6-16(14)22-18(23)15-5-3-11-21-17(15)20/h1-7,9,11H,(H,22,23). The molecule has 1 heterocycles. The highest BCUT2D eigenvalue weighted by Gasteiger charge is 2.13. The molecule has 23 heavy (non-hydrogen) atoms. The molecule has 0 atom stereocenters. The largest absolute Gasteiger partial charge is 0.321 e. The van der Waals surface area contributed by atoms with E-state index in [1.807, 2.05) is 24.3 Å². The van der Waals surface area contributed by atoms with E-state index in [-0.39, 0.29) is 11.1 Å². The Morgan fingerprint density at radius 1 is 1.00 bits per heavy atom. The van der Waals surface area contributed by atoms with Gasteiger partial charge in [0, 0.05) is 23.0 Å². The number of halogens is 2. The van der Waals surface area contributed by atoms with Gasteiger partial charge in [-0.3, -0.25) is 4.79 Å². The SMILES string of the molecule is O=C(Nc1ccccc1-c1c#cc(Cl)cc1)c1cccnc1Cl. The van der Waals surface area contributed by atoms with E-state index in [0.29, 0.717) is 16.3 Å². The fourth-order valence-corrected chi connectivity index (χ4v) is 2.41. The highest BCUT2D eigenvalue weighted by atomic mass is 35.5. The van der Waals surface area contributed by atoms with E-state index >= 15 is 0 Å². The number of rotatable bonds is 3. The number of carbonyl (C=O) groups excluding carboxylic acids is 1. The summed E-state index contributed by atoms with van der Waals surface area (Å²) in [7, 11) is 0. The molecule has 0 aliphatic rings. The van der Waals surface area contributed by atoms with Gasteiger partial charge < -0.3 is 5.32 Å². The number of hydrogen-bond acceptors (Lipinski definition) is 2. The summed E-state index contributed by atoms with van der Waals surface area (Å²) in [6, 6.07) is 20.0. The van der Waals surface area contributed by atoms with Gasteiger partial charge in [-0.2, -0.15) is 0 Å². The van der Waals surface area contributed by atoms with Gasteiger partial charge >= 0.3 is 0 Å². The molecule has 0 aliphatic carbocycles. The zero-order chi connectivity index (χ0) is 16.2. The molecule has 5 heteroatoms. The van der Waals surface area contributed by atoms with Gasteiger partial charge in [0.15, 0.2) is 0 Å². The van der Waals surface area contributed by atoms with Gasteiger partial charge in [-0.05, 0) is 36.4 Å². The molecule has 0 saturated carbocycles. The summed E-state index contributed by atoms with van der Waals surface area (Å²) in [4.78, 5) is 16.3. The number of para-hydroxylation sites is 1. The number of anilines is 1. The smallest absolute Gasteiger partial charge is 0.258 e. The lowest BCUT2D eigenvalue weighted by Crippen LogP contribution is -2.13. The summed E-state index contributed by atoms with van der Waals surface area (Å²) in [6.45, 7) is 0. The Labute approximate surface area is 143 Å². The summed E-state index contributed by atoms with van der Waals surface area (Å²) in [6.07, 6.45) is 1.53. The van der Waals surface area contributed by atoms with Crippen LogP contribution in [0.3, 0.4) is 0 Å². The minimum atomic E-state index is -0.325. The third-order valence-electron chi connectivity index (χ3n) is 3.18. The van der Waals surface area contributed by atoms with Gasteiger partial charge in [0.1, 0.15) is 5.15 Å². The maximum absolute atomic E-state index is 12.4. The van der Waals surface area contributed by atoms with E-state index in [4.69, 9.17) is 23.2 Å². The number of aromatic nitrogens is 1. The third-order valence-corrected chi connectivity index (χ3v) is 3.70. The van der Waals surface area contributed by atoms with Crippen LogP contribution in [0.15, 0.2) is 54.7 Å². The number of pyridine rings is 1. The normalized spacial score (nSPS) is 10.0. The van der Waals surface area contributed by atoms with Crippen molar-refractivity contribution in [3.8, 4) is 11.1 Å². The Kier molecular flexibility index (Phi) is 4.47. The van der Waals surface area contributed by atoms with E-state index in [0.717, 1.165) is 11.1 Å². The number of amides is 1. The Hall–Kier alpha value is -2.54. The maximum Gasteiger partial charge on any atom is 0.258 e. The average molecular weight is 341 g/mol. The zero-order valence-corrected chi connectivity index (χ0v) is 13.3. The van der Waals surface area contributed by atoms with Gasteiger partial charge in [-0.1, -0.05) is 47.5 Å². The first-order valence-electron chi connectivity index (χ1n) is 6.76. The highest BCUT2D eigenvalue weighted by Crippen LogP contribution is 2.27. The Bertz CT molecular complexity index is 848. The fraction of sp³-hybridized carbons (Fsp3) is 0. The topological polar surface area (TPSA) is 42.0 Å². The lowest BCUT2D eigenvalue weighted by molar-refractivity contribution is 0.102. The number of nitrogens with zero attached hydrogens (tertiary/aromatic N) is 1. The molecule has 0 radical (unpaired) electrons. The molecule has 0 spiro atoms. The van der Waals surface area contributed by atoms with Crippen LogP contribution in [0.25, 0.3) is 11.1 Å². The number of carbonyl (C=O) groups is 1. The van der Waals surface area contributed by atoms with Crippen LogP contribution in [0.5, 0.6) is 0 Å².